The van der Waals surface area contributed by atoms with E-state index in [1.54, 1.807) is 42.5 Å². The molecule has 8 nitrogen and oxygen atoms in total. The third kappa shape index (κ3) is 6.52. The van der Waals surface area contributed by atoms with Crippen molar-refractivity contribution in [3.05, 3.63) is 102 Å². The first-order valence-corrected chi connectivity index (χ1v) is 11.6. The van der Waals surface area contributed by atoms with Crippen LogP contribution in [0, 0.1) is 0 Å². The highest BCUT2D eigenvalue weighted by Gasteiger charge is 2.17. The Hall–Kier alpha value is -4.56. The molecule has 0 saturated carbocycles. The molecule has 0 radical (unpaired) electrons. The minimum Gasteiger partial charge on any atom is -0.369 e. The summed E-state index contributed by atoms with van der Waals surface area (Å²) < 4.78 is 0. The van der Waals surface area contributed by atoms with Gasteiger partial charge in [-0.05, 0) is 38.4 Å². The van der Waals surface area contributed by atoms with Gasteiger partial charge in [-0.3, -0.25) is 9.59 Å². The molecule has 0 aliphatic heterocycles. The zero-order valence-electron chi connectivity index (χ0n) is 20.2. The van der Waals surface area contributed by atoms with E-state index in [0.29, 0.717) is 35.1 Å². The number of aromatic nitrogens is 2. The van der Waals surface area contributed by atoms with Gasteiger partial charge in [-0.2, -0.15) is 0 Å². The van der Waals surface area contributed by atoms with Gasteiger partial charge in [-0.1, -0.05) is 60.7 Å². The summed E-state index contributed by atoms with van der Waals surface area (Å²) in [5.41, 5.74) is 2.38. The molecule has 2 amide bonds. The SMILES string of the molecule is CN(C)CCNc1cc(C(=O)Nc2ccccc2C(=O)Nc2ccccc2)nc(-c2ccccc2)n1. The lowest BCUT2D eigenvalue weighted by atomic mass is 10.1. The molecular formula is C28H28N6O2. The number of hydrogen-bond donors (Lipinski definition) is 3. The number of amides is 2. The molecule has 0 aliphatic carbocycles. The first kappa shape index (κ1) is 24.6. The highest BCUT2D eigenvalue weighted by Crippen LogP contribution is 2.21. The summed E-state index contributed by atoms with van der Waals surface area (Å²) in [6.45, 7) is 1.46. The topological polar surface area (TPSA) is 99.2 Å². The number of nitrogens with zero attached hydrogens (tertiary/aromatic N) is 3. The number of rotatable bonds is 9. The van der Waals surface area contributed by atoms with Crippen molar-refractivity contribution < 1.29 is 9.59 Å². The predicted molar refractivity (Wildman–Crippen MR) is 143 cm³/mol. The van der Waals surface area contributed by atoms with Crippen LogP contribution in [0.15, 0.2) is 91.0 Å². The molecule has 3 N–H and O–H groups in total. The van der Waals surface area contributed by atoms with Gasteiger partial charge in [0.15, 0.2) is 5.82 Å². The van der Waals surface area contributed by atoms with Crippen molar-refractivity contribution >= 4 is 29.0 Å². The Morgan fingerprint density at radius 2 is 1.44 bits per heavy atom. The van der Waals surface area contributed by atoms with Crippen molar-refractivity contribution in [1.82, 2.24) is 14.9 Å². The van der Waals surface area contributed by atoms with Crippen LogP contribution in [0.4, 0.5) is 17.2 Å². The molecule has 0 spiro atoms. The minimum absolute atomic E-state index is 0.189. The molecule has 0 saturated heterocycles. The van der Waals surface area contributed by atoms with Gasteiger partial charge in [0.25, 0.3) is 11.8 Å². The van der Waals surface area contributed by atoms with Crippen LogP contribution in [0.5, 0.6) is 0 Å². The molecule has 0 fully saturated rings. The molecule has 0 aliphatic rings. The number of hydrogen-bond acceptors (Lipinski definition) is 6. The summed E-state index contributed by atoms with van der Waals surface area (Å²) in [6, 6.07) is 27.1. The number of carbonyl (C=O) groups is 2. The van der Waals surface area contributed by atoms with Gasteiger partial charge in [0.05, 0.1) is 11.3 Å². The Morgan fingerprint density at radius 1 is 0.778 bits per heavy atom. The van der Waals surface area contributed by atoms with Crippen molar-refractivity contribution in [3.8, 4) is 11.4 Å². The second-order valence-electron chi connectivity index (χ2n) is 8.38. The van der Waals surface area contributed by atoms with Crippen molar-refractivity contribution in [2.24, 2.45) is 0 Å². The van der Waals surface area contributed by atoms with Crippen LogP contribution in [-0.2, 0) is 0 Å². The monoisotopic (exact) mass is 480 g/mol. The van der Waals surface area contributed by atoms with Crippen LogP contribution in [0.3, 0.4) is 0 Å². The normalized spacial score (nSPS) is 10.6. The van der Waals surface area contributed by atoms with Gasteiger partial charge in [0.2, 0.25) is 0 Å². The minimum atomic E-state index is -0.440. The molecule has 0 atom stereocenters. The molecule has 1 heterocycles. The van der Waals surface area contributed by atoms with Gasteiger partial charge < -0.3 is 20.9 Å². The number of para-hydroxylation sites is 2. The highest BCUT2D eigenvalue weighted by atomic mass is 16.2. The maximum Gasteiger partial charge on any atom is 0.274 e. The summed E-state index contributed by atoms with van der Waals surface area (Å²) >= 11 is 0. The highest BCUT2D eigenvalue weighted by molar-refractivity contribution is 6.12. The van der Waals surface area contributed by atoms with Crippen LogP contribution in [0.1, 0.15) is 20.8 Å². The standard InChI is InChI=1S/C28H28N6O2/c1-34(2)18-17-29-25-19-24(31-26(33-25)20-11-5-3-6-12-20)28(36)32-23-16-10-9-15-22(23)27(35)30-21-13-7-4-8-14-21/h3-16,19H,17-18H2,1-2H3,(H,30,35)(H,32,36)(H,29,31,33). The molecule has 8 heteroatoms. The average molecular weight is 481 g/mol. The van der Waals surface area contributed by atoms with E-state index in [0.717, 1.165) is 12.1 Å². The molecular weight excluding hydrogens is 452 g/mol. The van der Waals surface area contributed by atoms with Crippen LogP contribution in [-0.4, -0.2) is 53.9 Å². The summed E-state index contributed by atoms with van der Waals surface area (Å²) in [5, 5.41) is 8.97. The second-order valence-corrected chi connectivity index (χ2v) is 8.38. The van der Waals surface area contributed by atoms with Crippen molar-refractivity contribution in [2.75, 3.05) is 43.1 Å². The van der Waals surface area contributed by atoms with Crippen molar-refractivity contribution in [2.45, 2.75) is 0 Å². The maximum atomic E-state index is 13.3. The van der Waals surface area contributed by atoms with E-state index in [1.165, 1.54) is 0 Å². The predicted octanol–water partition coefficient (Wildman–Crippen LogP) is 4.62. The Morgan fingerprint density at radius 3 is 2.17 bits per heavy atom. The van der Waals surface area contributed by atoms with Crippen molar-refractivity contribution in [3.63, 3.8) is 0 Å². The van der Waals surface area contributed by atoms with E-state index in [9.17, 15) is 9.59 Å². The fraction of sp³-hybridized carbons (Fsp3) is 0.143. The van der Waals surface area contributed by atoms with E-state index >= 15 is 0 Å². The lowest BCUT2D eigenvalue weighted by Gasteiger charge is -2.14. The number of likely N-dealkylation sites (N-methyl/N-ethyl adjacent to an activating group) is 1. The first-order valence-electron chi connectivity index (χ1n) is 11.6. The molecule has 0 bridgehead atoms. The maximum absolute atomic E-state index is 13.3. The van der Waals surface area contributed by atoms with Gasteiger partial charge >= 0.3 is 0 Å². The fourth-order valence-corrected chi connectivity index (χ4v) is 3.47. The summed E-state index contributed by atoms with van der Waals surface area (Å²) in [7, 11) is 3.97. The van der Waals surface area contributed by atoms with E-state index < -0.39 is 5.91 Å². The van der Waals surface area contributed by atoms with E-state index in [1.807, 2.05) is 62.6 Å². The summed E-state index contributed by atoms with van der Waals surface area (Å²) in [5.74, 6) is 0.220. The number of benzene rings is 3. The third-order valence-corrected chi connectivity index (χ3v) is 5.31. The van der Waals surface area contributed by atoms with Crippen molar-refractivity contribution in [1.29, 1.82) is 0 Å². The first-order chi connectivity index (χ1) is 17.5. The Kier molecular flexibility index (Phi) is 8.00. The van der Waals surface area contributed by atoms with Crippen LogP contribution >= 0.6 is 0 Å². The van der Waals surface area contributed by atoms with Gasteiger partial charge in [0.1, 0.15) is 11.5 Å². The summed E-state index contributed by atoms with van der Waals surface area (Å²) in [6.07, 6.45) is 0. The van der Waals surface area contributed by atoms with Gasteiger partial charge in [-0.15, -0.1) is 0 Å². The third-order valence-electron chi connectivity index (χ3n) is 5.31. The van der Waals surface area contributed by atoms with Crippen LogP contribution in [0.25, 0.3) is 11.4 Å². The average Bonchev–Trinajstić information content (AvgIpc) is 2.89. The van der Waals surface area contributed by atoms with Gasteiger partial charge in [0, 0.05) is 30.4 Å². The smallest absolute Gasteiger partial charge is 0.274 e. The number of nitrogens with one attached hydrogen (secondary N) is 3. The molecule has 36 heavy (non-hydrogen) atoms. The second kappa shape index (κ2) is 11.7. The molecule has 4 rings (SSSR count). The molecule has 3 aromatic carbocycles. The lowest BCUT2D eigenvalue weighted by Crippen LogP contribution is -2.22. The molecule has 0 unspecified atom stereocenters. The zero-order chi connectivity index (χ0) is 25.3. The fourth-order valence-electron chi connectivity index (χ4n) is 3.47. The molecule has 182 valence electrons. The quantitative estimate of drug-likeness (QED) is 0.323. The lowest BCUT2D eigenvalue weighted by molar-refractivity contribution is 0.102. The van der Waals surface area contributed by atoms with Crippen LogP contribution in [0.2, 0.25) is 0 Å². The van der Waals surface area contributed by atoms with E-state index in [-0.39, 0.29) is 11.6 Å². The Labute approximate surface area is 210 Å². The van der Waals surface area contributed by atoms with Gasteiger partial charge in [-0.25, -0.2) is 9.97 Å². The number of carbonyl (C=O) groups excluding carboxylic acids is 2. The van der Waals surface area contributed by atoms with E-state index in [4.69, 9.17) is 0 Å². The summed E-state index contributed by atoms with van der Waals surface area (Å²) in [4.78, 5) is 37.4. The largest absolute Gasteiger partial charge is 0.369 e. The van der Waals surface area contributed by atoms with E-state index in [2.05, 4.69) is 30.8 Å². The molecule has 4 aromatic rings. The Balaban J connectivity index is 1.59. The van der Waals surface area contributed by atoms with Crippen LogP contribution < -0.4 is 16.0 Å². The zero-order valence-corrected chi connectivity index (χ0v) is 20.2. The molecule has 1 aromatic heterocycles. The number of anilines is 3. The Bertz CT molecular complexity index is 1330.